The molecule has 1 aromatic heterocycles. The first kappa shape index (κ1) is 22.3. The Morgan fingerprint density at radius 2 is 1.81 bits per heavy atom. The van der Waals surface area contributed by atoms with Gasteiger partial charge in [-0.15, -0.1) is 0 Å². The highest BCUT2D eigenvalue weighted by Crippen LogP contribution is 2.44. The first-order valence-corrected chi connectivity index (χ1v) is 9.76. The summed E-state index contributed by atoms with van der Waals surface area (Å²) in [7, 11) is 1.66. The van der Waals surface area contributed by atoms with Crippen LogP contribution in [0.5, 0.6) is 5.75 Å². The van der Waals surface area contributed by atoms with Gasteiger partial charge in [-0.3, -0.25) is 15.5 Å². The molecular formula is C21H18ClF4N5O. The summed E-state index contributed by atoms with van der Waals surface area (Å²) in [6, 6.07) is 9.65. The van der Waals surface area contributed by atoms with Crippen molar-refractivity contribution in [1.82, 2.24) is 9.88 Å². The standard InChI is InChI=1S/C21H18ClF4N5O/c1-30-18(27)11-6-7-15(17-12(21(24,25)26)3-2-4-14(17)23)29-19(11)31(20(30)28)16-8-5-10(32)9-13(16)22/h2-9,18,20,32H,27-28H2,1H3. The van der Waals surface area contributed by atoms with Gasteiger partial charge in [0.25, 0.3) is 0 Å². The Morgan fingerprint density at radius 3 is 2.47 bits per heavy atom. The molecule has 32 heavy (non-hydrogen) atoms. The number of hydrogen-bond acceptors (Lipinski definition) is 6. The second-order valence-corrected chi connectivity index (χ2v) is 7.71. The van der Waals surface area contributed by atoms with Crippen molar-refractivity contribution in [2.45, 2.75) is 18.6 Å². The van der Waals surface area contributed by atoms with Crippen LogP contribution in [-0.2, 0) is 6.18 Å². The molecule has 2 atom stereocenters. The first-order chi connectivity index (χ1) is 15.0. The highest BCUT2D eigenvalue weighted by Gasteiger charge is 2.38. The Hall–Kier alpha value is -2.92. The van der Waals surface area contributed by atoms with Gasteiger partial charge in [-0.1, -0.05) is 23.7 Å². The van der Waals surface area contributed by atoms with Gasteiger partial charge in [-0.05, 0) is 37.4 Å². The van der Waals surface area contributed by atoms with Gasteiger partial charge in [0.2, 0.25) is 0 Å². The third kappa shape index (κ3) is 3.65. The monoisotopic (exact) mass is 467 g/mol. The molecule has 4 rings (SSSR count). The number of pyridine rings is 1. The molecular weight excluding hydrogens is 450 g/mol. The van der Waals surface area contributed by atoms with Crippen LogP contribution in [0.3, 0.4) is 0 Å². The summed E-state index contributed by atoms with van der Waals surface area (Å²) in [4.78, 5) is 7.43. The minimum absolute atomic E-state index is 0.0857. The lowest BCUT2D eigenvalue weighted by Gasteiger charge is -2.44. The Balaban J connectivity index is 1.97. The van der Waals surface area contributed by atoms with E-state index < -0.39 is 35.6 Å². The molecule has 0 radical (unpaired) electrons. The van der Waals surface area contributed by atoms with E-state index in [1.165, 1.54) is 35.2 Å². The lowest BCUT2D eigenvalue weighted by atomic mass is 10.0. The van der Waals surface area contributed by atoms with Crippen molar-refractivity contribution in [3.63, 3.8) is 0 Å². The van der Waals surface area contributed by atoms with Crippen molar-refractivity contribution in [3.05, 3.63) is 70.5 Å². The van der Waals surface area contributed by atoms with Crippen LogP contribution in [0.1, 0.15) is 17.3 Å². The first-order valence-electron chi connectivity index (χ1n) is 9.38. The Labute approximate surface area is 185 Å². The van der Waals surface area contributed by atoms with Gasteiger partial charge in [0.05, 0.1) is 28.1 Å². The van der Waals surface area contributed by atoms with Crippen molar-refractivity contribution < 1.29 is 22.7 Å². The summed E-state index contributed by atoms with van der Waals surface area (Å²) >= 11 is 6.30. The molecule has 1 aliphatic rings. The number of rotatable bonds is 2. The van der Waals surface area contributed by atoms with E-state index in [4.69, 9.17) is 23.1 Å². The molecule has 0 spiro atoms. The zero-order chi connectivity index (χ0) is 23.4. The zero-order valence-corrected chi connectivity index (χ0v) is 17.4. The summed E-state index contributed by atoms with van der Waals surface area (Å²) in [5.41, 5.74) is 11.3. The lowest BCUT2D eigenvalue weighted by Crippen LogP contribution is -2.57. The molecule has 0 amide bonds. The third-order valence-corrected chi connectivity index (χ3v) is 5.64. The summed E-state index contributed by atoms with van der Waals surface area (Å²) in [6.45, 7) is 0. The van der Waals surface area contributed by atoms with Gasteiger partial charge >= 0.3 is 6.18 Å². The number of aromatic nitrogens is 1. The van der Waals surface area contributed by atoms with E-state index in [2.05, 4.69) is 4.98 Å². The number of phenolic OH excluding ortho intramolecular Hbond substituents is 1. The van der Waals surface area contributed by atoms with Crippen LogP contribution >= 0.6 is 11.6 Å². The average molecular weight is 468 g/mol. The van der Waals surface area contributed by atoms with E-state index in [-0.39, 0.29) is 22.3 Å². The molecule has 5 N–H and O–H groups in total. The maximum atomic E-state index is 14.6. The molecule has 0 saturated heterocycles. The molecule has 2 heterocycles. The van der Waals surface area contributed by atoms with E-state index in [1.54, 1.807) is 11.9 Å². The maximum absolute atomic E-state index is 14.6. The number of nitrogens with zero attached hydrogens (tertiary/aromatic N) is 3. The lowest BCUT2D eigenvalue weighted by molar-refractivity contribution is -0.137. The Morgan fingerprint density at radius 1 is 1.09 bits per heavy atom. The van der Waals surface area contributed by atoms with Gasteiger partial charge in [-0.2, -0.15) is 13.2 Å². The number of aromatic hydroxyl groups is 1. The number of anilines is 2. The normalized spacial score (nSPS) is 19.2. The summed E-state index contributed by atoms with van der Waals surface area (Å²) in [5.74, 6) is -1.02. The maximum Gasteiger partial charge on any atom is 0.417 e. The van der Waals surface area contributed by atoms with Gasteiger partial charge in [0.15, 0.2) is 0 Å². The number of benzene rings is 2. The second-order valence-electron chi connectivity index (χ2n) is 7.30. The fraction of sp³-hybridized carbons (Fsp3) is 0.190. The van der Waals surface area contributed by atoms with Crippen LogP contribution in [-0.4, -0.2) is 28.3 Å². The molecule has 6 nitrogen and oxygen atoms in total. The topological polar surface area (TPSA) is 91.6 Å². The minimum Gasteiger partial charge on any atom is -0.508 e. The van der Waals surface area contributed by atoms with Gasteiger partial charge in [-0.25, -0.2) is 9.37 Å². The summed E-state index contributed by atoms with van der Waals surface area (Å²) in [5, 5.41) is 9.82. The number of halogens is 5. The molecule has 0 fully saturated rings. The molecule has 3 aromatic rings. The number of hydrogen-bond donors (Lipinski definition) is 3. The number of fused-ring (bicyclic) bond motifs is 1. The van der Waals surface area contributed by atoms with Crippen LogP contribution in [0.25, 0.3) is 11.3 Å². The van der Waals surface area contributed by atoms with E-state index >= 15 is 0 Å². The largest absolute Gasteiger partial charge is 0.508 e. The minimum atomic E-state index is -4.79. The van der Waals surface area contributed by atoms with Gasteiger partial charge in [0, 0.05) is 17.2 Å². The van der Waals surface area contributed by atoms with E-state index in [0.717, 1.165) is 18.2 Å². The van der Waals surface area contributed by atoms with Crippen LogP contribution in [0.4, 0.5) is 29.1 Å². The van der Waals surface area contributed by atoms with Crippen molar-refractivity contribution in [3.8, 4) is 17.0 Å². The highest BCUT2D eigenvalue weighted by atomic mass is 35.5. The smallest absolute Gasteiger partial charge is 0.417 e. The molecule has 2 unspecified atom stereocenters. The predicted molar refractivity (Wildman–Crippen MR) is 113 cm³/mol. The Bertz CT molecular complexity index is 1190. The molecule has 1 aliphatic heterocycles. The van der Waals surface area contributed by atoms with Crippen molar-refractivity contribution >= 4 is 23.1 Å². The third-order valence-electron chi connectivity index (χ3n) is 5.34. The van der Waals surface area contributed by atoms with Crippen molar-refractivity contribution in [1.29, 1.82) is 0 Å². The predicted octanol–water partition coefficient (Wildman–Crippen LogP) is 4.55. The summed E-state index contributed by atoms with van der Waals surface area (Å²) < 4.78 is 55.3. The average Bonchev–Trinajstić information content (AvgIpc) is 2.72. The van der Waals surface area contributed by atoms with Gasteiger partial charge in [0.1, 0.15) is 23.7 Å². The van der Waals surface area contributed by atoms with Crippen molar-refractivity contribution in [2.24, 2.45) is 11.5 Å². The highest BCUT2D eigenvalue weighted by molar-refractivity contribution is 6.33. The van der Waals surface area contributed by atoms with Gasteiger partial charge < -0.3 is 10.8 Å². The molecule has 0 aliphatic carbocycles. The number of alkyl halides is 3. The van der Waals surface area contributed by atoms with Crippen LogP contribution in [0.15, 0.2) is 48.5 Å². The van der Waals surface area contributed by atoms with E-state index in [0.29, 0.717) is 11.3 Å². The van der Waals surface area contributed by atoms with Crippen LogP contribution in [0.2, 0.25) is 5.02 Å². The quantitative estimate of drug-likeness (QED) is 0.479. The SMILES string of the molecule is CN1C(N)c2ccc(-c3c(F)cccc3C(F)(F)F)nc2N(c2ccc(O)cc2Cl)C1N. The fourth-order valence-electron chi connectivity index (χ4n) is 3.68. The van der Waals surface area contributed by atoms with E-state index in [1.807, 2.05) is 0 Å². The zero-order valence-electron chi connectivity index (χ0n) is 16.6. The fourth-order valence-corrected chi connectivity index (χ4v) is 3.95. The van der Waals surface area contributed by atoms with Crippen molar-refractivity contribution in [2.75, 3.05) is 11.9 Å². The molecule has 2 aromatic carbocycles. The van der Waals surface area contributed by atoms with E-state index in [9.17, 15) is 22.7 Å². The van der Waals surface area contributed by atoms with Crippen LogP contribution in [0, 0.1) is 5.82 Å². The Kier molecular flexibility index (Phi) is 5.49. The molecule has 11 heteroatoms. The summed E-state index contributed by atoms with van der Waals surface area (Å²) in [6.07, 6.45) is -6.41. The van der Waals surface area contributed by atoms with Crippen LogP contribution < -0.4 is 16.4 Å². The number of nitrogens with two attached hydrogens (primary N) is 2. The molecule has 0 bridgehead atoms. The number of phenols is 1. The second kappa shape index (κ2) is 7.89. The molecule has 168 valence electrons. The molecule has 0 saturated carbocycles.